The van der Waals surface area contributed by atoms with Gasteiger partial charge in [-0.05, 0) is 68.2 Å². The maximum atomic E-state index is 13.8. The first-order valence-electron chi connectivity index (χ1n) is 15.9. The zero-order valence-electron chi connectivity index (χ0n) is 27.4. The van der Waals surface area contributed by atoms with Crippen LogP contribution in [0.1, 0.15) is 78.0 Å². The number of carbonyl (C=O) groups is 2. The number of nitrogens with zero attached hydrogens (tertiary/aromatic N) is 3. The quantitative estimate of drug-likeness (QED) is 0.321. The Labute approximate surface area is 265 Å². The monoisotopic (exact) mass is 631 g/mol. The van der Waals surface area contributed by atoms with Crippen molar-refractivity contribution in [1.29, 1.82) is 0 Å². The van der Waals surface area contributed by atoms with Crippen molar-refractivity contribution in [2.75, 3.05) is 39.3 Å². The van der Waals surface area contributed by atoms with Gasteiger partial charge in [0.15, 0.2) is 6.61 Å². The zero-order valence-corrected chi connectivity index (χ0v) is 27.4. The Bertz CT molecular complexity index is 1260. The predicted octanol–water partition coefficient (Wildman–Crippen LogP) is 7.31. The van der Waals surface area contributed by atoms with E-state index in [-0.39, 0.29) is 41.2 Å². The number of hydrogen-bond donors (Lipinski definition) is 0. The summed E-state index contributed by atoms with van der Waals surface area (Å²) in [6, 6.07) is 16.7. The van der Waals surface area contributed by atoms with Gasteiger partial charge in [-0.25, -0.2) is 4.79 Å². The van der Waals surface area contributed by atoms with Crippen LogP contribution in [0.25, 0.3) is 0 Å². The number of rotatable bonds is 7. The average molecular weight is 632 g/mol. The third kappa shape index (κ3) is 9.86. The van der Waals surface area contributed by atoms with Gasteiger partial charge < -0.3 is 19.3 Å². The molecule has 248 valence electrons. The van der Waals surface area contributed by atoms with E-state index in [0.29, 0.717) is 39.1 Å². The summed E-state index contributed by atoms with van der Waals surface area (Å²) in [6.07, 6.45) is -2.71. The molecule has 0 bridgehead atoms. The number of piperazine rings is 1. The van der Waals surface area contributed by atoms with Gasteiger partial charge in [0.05, 0.1) is 6.04 Å². The predicted molar refractivity (Wildman–Crippen MR) is 168 cm³/mol. The highest BCUT2D eigenvalue weighted by molar-refractivity contribution is 5.77. The molecule has 1 unspecified atom stereocenters. The number of halogens is 3. The molecule has 2 saturated heterocycles. The highest BCUT2D eigenvalue weighted by atomic mass is 19.4. The van der Waals surface area contributed by atoms with E-state index < -0.39 is 18.4 Å². The summed E-state index contributed by atoms with van der Waals surface area (Å²) in [6.45, 7) is 13.8. The number of carbonyl (C=O) groups excluding carboxylic acids is 2. The van der Waals surface area contributed by atoms with Gasteiger partial charge in [-0.15, -0.1) is 0 Å². The van der Waals surface area contributed by atoms with Crippen molar-refractivity contribution in [3.63, 3.8) is 0 Å². The molecule has 0 spiro atoms. The second-order valence-corrected chi connectivity index (χ2v) is 14.4. The number of ether oxygens (including phenoxy) is 2. The van der Waals surface area contributed by atoms with Crippen LogP contribution < -0.4 is 4.74 Å². The first kappa shape index (κ1) is 34.6. The molecule has 0 N–H and O–H groups in total. The highest BCUT2D eigenvalue weighted by Gasteiger charge is 2.41. The molecule has 2 aliphatic rings. The summed E-state index contributed by atoms with van der Waals surface area (Å²) in [5, 5.41) is 0. The molecule has 7 nitrogen and oxygen atoms in total. The summed E-state index contributed by atoms with van der Waals surface area (Å²) in [5.74, 6) is 0.528. The van der Waals surface area contributed by atoms with Crippen LogP contribution in [0.4, 0.5) is 18.0 Å². The van der Waals surface area contributed by atoms with Crippen LogP contribution in [-0.4, -0.2) is 83.9 Å². The molecular weight excluding hydrogens is 583 g/mol. The normalized spacial score (nSPS) is 19.7. The lowest BCUT2D eigenvalue weighted by atomic mass is 9.82. The van der Waals surface area contributed by atoms with Crippen LogP contribution in [0.3, 0.4) is 0 Å². The minimum Gasteiger partial charge on any atom is -0.484 e. The largest absolute Gasteiger partial charge is 0.484 e. The molecule has 2 atom stereocenters. The topological polar surface area (TPSA) is 62.3 Å². The molecule has 2 aromatic rings. The van der Waals surface area contributed by atoms with Gasteiger partial charge >= 0.3 is 12.3 Å². The molecule has 10 heteroatoms. The van der Waals surface area contributed by atoms with Gasteiger partial charge in [0.1, 0.15) is 11.4 Å². The summed E-state index contributed by atoms with van der Waals surface area (Å²) >= 11 is 0. The van der Waals surface area contributed by atoms with Gasteiger partial charge in [-0.2, -0.15) is 13.2 Å². The van der Waals surface area contributed by atoms with Crippen molar-refractivity contribution in [3.05, 3.63) is 65.7 Å². The second-order valence-electron chi connectivity index (χ2n) is 14.4. The number of likely N-dealkylation sites (tertiary alicyclic amines) is 1. The minimum absolute atomic E-state index is 0.0405. The van der Waals surface area contributed by atoms with E-state index >= 15 is 0 Å². The van der Waals surface area contributed by atoms with Gasteiger partial charge in [0, 0.05) is 45.2 Å². The van der Waals surface area contributed by atoms with Crippen LogP contribution >= 0.6 is 0 Å². The fourth-order valence-corrected chi connectivity index (χ4v) is 6.25. The first-order valence-corrected chi connectivity index (χ1v) is 15.9. The Kier molecular flexibility index (Phi) is 10.8. The van der Waals surface area contributed by atoms with Crippen molar-refractivity contribution >= 4 is 12.0 Å². The Morgan fingerprint density at radius 3 is 2.00 bits per heavy atom. The SMILES string of the molecule is CC(C)(C)OC(=O)N1CCC(CC(=O)N2CCN(C(c3ccccc3)c3ccc(OCC(F)(F)F)cc3)C[C@@H]2C(C)(C)C)CC1. The third-order valence-corrected chi connectivity index (χ3v) is 8.54. The third-order valence-electron chi connectivity index (χ3n) is 8.54. The van der Waals surface area contributed by atoms with Crippen molar-refractivity contribution in [3.8, 4) is 5.75 Å². The smallest absolute Gasteiger partial charge is 0.422 e. The summed E-state index contributed by atoms with van der Waals surface area (Å²) < 4.78 is 48.5. The van der Waals surface area contributed by atoms with Crippen LogP contribution in [-0.2, 0) is 9.53 Å². The Morgan fingerprint density at radius 2 is 1.44 bits per heavy atom. The van der Waals surface area contributed by atoms with Crippen LogP contribution in [0.2, 0.25) is 0 Å². The van der Waals surface area contributed by atoms with E-state index in [0.717, 1.165) is 24.0 Å². The number of hydrogen-bond acceptors (Lipinski definition) is 5. The van der Waals surface area contributed by atoms with E-state index in [1.54, 1.807) is 17.0 Å². The molecule has 0 aliphatic carbocycles. The molecule has 4 rings (SSSR count). The second kappa shape index (κ2) is 14.0. The minimum atomic E-state index is -4.40. The lowest BCUT2D eigenvalue weighted by Gasteiger charge is -2.50. The van der Waals surface area contributed by atoms with E-state index in [2.05, 4.69) is 37.8 Å². The Balaban J connectivity index is 1.45. The first-order chi connectivity index (χ1) is 21.0. The fraction of sp³-hybridized carbons (Fsp3) is 0.600. The van der Waals surface area contributed by atoms with E-state index in [9.17, 15) is 22.8 Å². The van der Waals surface area contributed by atoms with Gasteiger partial charge in [-0.1, -0.05) is 63.2 Å². The maximum Gasteiger partial charge on any atom is 0.422 e. The van der Waals surface area contributed by atoms with Crippen LogP contribution in [0, 0.1) is 11.3 Å². The van der Waals surface area contributed by atoms with E-state index in [1.807, 2.05) is 56.0 Å². The zero-order chi connectivity index (χ0) is 33.0. The molecule has 0 saturated carbocycles. The van der Waals surface area contributed by atoms with Crippen LogP contribution in [0.15, 0.2) is 54.6 Å². The summed E-state index contributed by atoms with van der Waals surface area (Å²) in [7, 11) is 0. The molecule has 2 amide bonds. The van der Waals surface area contributed by atoms with Gasteiger partial charge in [0.25, 0.3) is 0 Å². The lowest BCUT2D eigenvalue weighted by molar-refractivity contribution is -0.153. The molecule has 2 heterocycles. The summed E-state index contributed by atoms with van der Waals surface area (Å²) in [4.78, 5) is 32.5. The number of alkyl halides is 3. The molecule has 2 aromatic carbocycles. The Morgan fingerprint density at radius 1 is 0.844 bits per heavy atom. The van der Waals surface area contributed by atoms with Gasteiger partial charge in [-0.3, -0.25) is 9.69 Å². The highest BCUT2D eigenvalue weighted by Crippen LogP contribution is 2.36. The molecule has 2 aliphatic heterocycles. The number of benzene rings is 2. The fourth-order valence-electron chi connectivity index (χ4n) is 6.25. The number of piperidine rings is 1. The number of amides is 2. The molecule has 0 radical (unpaired) electrons. The van der Waals surface area contributed by atoms with E-state index in [1.165, 1.54) is 0 Å². The molecule has 0 aromatic heterocycles. The van der Waals surface area contributed by atoms with Crippen molar-refractivity contribution in [2.24, 2.45) is 11.3 Å². The maximum absolute atomic E-state index is 13.8. The van der Waals surface area contributed by atoms with Crippen molar-refractivity contribution in [1.82, 2.24) is 14.7 Å². The molecule has 45 heavy (non-hydrogen) atoms. The van der Waals surface area contributed by atoms with Crippen LogP contribution in [0.5, 0.6) is 5.75 Å². The average Bonchev–Trinajstić information content (AvgIpc) is 2.96. The Hall–Kier alpha value is -3.27. The lowest BCUT2D eigenvalue weighted by Crippen LogP contribution is -2.60. The van der Waals surface area contributed by atoms with E-state index in [4.69, 9.17) is 9.47 Å². The van der Waals surface area contributed by atoms with Crippen molar-refractivity contribution < 1.29 is 32.2 Å². The molecule has 2 fully saturated rings. The standard InChI is InChI=1S/C35H48F3N3O4/c1-33(2,3)29-23-40(20-21-41(29)30(42)22-25-16-18-39(19-17-25)32(43)45-34(4,5)6)31(26-10-8-7-9-11-26)27-12-14-28(15-13-27)44-24-35(36,37)38/h7-15,25,29,31H,16-24H2,1-6H3/t29-,31?/m1/s1. The van der Waals surface area contributed by atoms with Gasteiger partial charge in [0.2, 0.25) is 5.91 Å². The molecular formula is C35H48F3N3O4. The van der Waals surface area contributed by atoms with Crippen molar-refractivity contribution in [2.45, 2.75) is 84.7 Å². The summed E-state index contributed by atoms with van der Waals surface area (Å²) in [5.41, 5.74) is 1.29.